The Morgan fingerprint density at radius 2 is 0.810 bits per heavy atom. The number of hydrogen-bond acceptors (Lipinski definition) is 2. The summed E-state index contributed by atoms with van der Waals surface area (Å²) in [6.07, 6.45) is 12.9. The summed E-state index contributed by atoms with van der Waals surface area (Å²) < 4.78 is 218. The largest absolute Gasteiger partial charge is 0.432 e. The highest BCUT2D eigenvalue weighted by Crippen LogP contribution is 2.44. The standard InChI is InChI=1S/C28H18F8O.C21H13F7O.C18H32/c1-2-3-15-4-6-16(7-5-15)17-8-9-20(21(29)10-17)18-11-22(30)26(23(31)12-18)28(35,36)37-19-13-24(32)27(34)25(33)14-19;1-2-11-3-5-12(6-4-11)13-7-15(22)19(16(23)8-13)21(27,28)29-14-9-17(24)20(26)18(25)10-14;1-3-5-15-7-11-17(12-8-15)18-13-9-16(6-4-2)10-14-18/h4-14H,2-3H2,1H3;3-10H,2H2,1H3;3,5,15-18H,4,6-14H2,1-2H3/b;;5-3+. The van der Waals surface area contributed by atoms with Gasteiger partial charge in [0, 0.05) is 29.8 Å². The van der Waals surface area contributed by atoms with Crippen molar-refractivity contribution in [2.24, 2.45) is 23.7 Å². The van der Waals surface area contributed by atoms with E-state index in [9.17, 15) is 65.9 Å². The summed E-state index contributed by atoms with van der Waals surface area (Å²) in [5.74, 6) is -16.9. The lowest BCUT2D eigenvalue weighted by Crippen LogP contribution is -2.25. The molecule has 0 heterocycles. The SMILES string of the molecule is C/C=C/C1CCC(C2CCC(CCC)CC2)CC1.CCCc1ccc(-c2ccc(-c3cc(F)c(C(F)(F)Oc4cc(F)c(F)c(F)c4)c(F)c3)c(F)c2)cc1.CCc1ccc(-c2cc(F)c(C(F)(F)Oc3cc(F)c(F)c(F)c3)c(F)c2)cc1. The summed E-state index contributed by atoms with van der Waals surface area (Å²) in [6, 6.07) is 20.9. The van der Waals surface area contributed by atoms with Crippen molar-refractivity contribution in [1.82, 2.24) is 0 Å². The zero-order chi connectivity index (χ0) is 61.0. The van der Waals surface area contributed by atoms with Crippen LogP contribution >= 0.6 is 0 Å². The van der Waals surface area contributed by atoms with E-state index in [-0.39, 0.29) is 41.0 Å². The van der Waals surface area contributed by atoms with Crippen molar-refractivity contribution in [3.8, 4) is 44.9 Å². The number of aryl methyl sites for hydroxylation is 2. The van der Waals surface area contributed by atoms with Gasteiger partial charge in [-0.2, -0.15) is 17.6 Å². The van der Waals surface area contributed by atoms with Gasteiger partial charge in [-0.25, -0.2) is 48.3 Å². The predicted octanol–water partition coefficient (Wildman–Crippen LogP) is 21.7. The second-order valence-electron chi connectivity index (χ2n) is 21.2. The molecule has 0 aliphatic heterocycles. The molecule has 2 saturated carbocycles. The number of ether oxygens (including phenoxy) is 2. The van der Waals surface area contributed by atoms with Crippen molar-refractivity contribution in [3.05, 3.63) is 214 Å². The first kappa shape index (κ1) is 64.4. The number of rotatable bonds is 16. The molecule has 0 spiro atoms. The molecule has 0 unspecified atom stereocenters. The van der Waals surface area contributed by atoms with Crippen LogP contribution in [0, 0.1) is 87.7 Å². The van der Waals surface area contributed by atoms with Gasteiger partial charge >= 0.3 is 12.2 Å². The number of halogens is 15. The maximum absolute atomic E-state index is 14.9. The first-order valence-corrected chi connectivity index (χ1v) is 28.0. The highest BCUT2D eigenvalue weighted by molar-refractivity contribution is 5.72. The number of benzene rings is 7. The summed E-state index contributed by atoms with van der Waals surface area (Å²) in [4.78, 5) is 0. The van der Waals surface area contributed by atoms with E-state index in [2.05, 4.69) is 35.5 Å². The van der Waals surface area contributed by atoms with Crippen LogP contribution in [0.4, 0.5) is 65.9 Å². The number of alkyl halides is 4. The first-order valence-electron chi connectivity index (χ1n) is 28.0. The molecule has 2 aliphatic carbocycles. The maximum atomic E-state index is 14.9. The average molecular weight is 1190 g/mol. The van der Waals surface area contributed by atoms with Gasteiger partial charge in [0.2, 0.25) is 0 Å². The lowest BCUT2D eigenvalue weighted by Gasteiger charge is -2.37. The van der Waals surface area contributed by atoms with Crippen molar-refractivity contribution in [2.75, 3.05) is 0 Å². The van der Waals surface area contributed by atoms with E-state index in [0.717, 1.165) is 60.1 Å². The van der Waals surface area contributed by atoms with Gasteiger partial charge in [0.05, 0.1) is 0 Å². The molecule has 7 aromatic rings. The van der Waals surface area contributed by atoms with Crippen LogP contribution in [0.1, 0.15) is 121 Å². The minimum absolute atomic E-state index is 0.0149. The molecule has 448 valence electrons. The van der Waals surface area contributed by atoms with Gasteiger partial charge in [0.25, 0.3) is 0 Å². The summed E-state index contributed by atoms with van der Waals surface area (Å²) in [7, 11) is 0. The second-order valence-corrected chi connectivity index (χ2v) is 21.2. The average Bonchev–Trinajstić information content (AvgIpc) is 2.03. The molecule has 2 aliphatic rings. The quantitative estimate of drug-likeness (QED) is 0.0545. The van der Waals surface area contributed by atoms with Gasteiger partial charge in [0.15, 0.2) is 34.9 Å². The summed E-state index contributed by atoms with van der Waals surface area (Å²) in [5, 5.41) is 0. The number of hydrogen-bond donors (Lipinski definition) is 0. The van der Waals surface area contributed by atoms with Gasteiger partial charge in [0.1, 0.15) is 51.7 Å². The Bertz CT molecular complexity index is 3270. The maximum Gasteiger partial charge on any atom is 0.432 e. The van der Waals surface area contributed by atoms with Crippen LogP contribution in [0.25, 0.3) is 33.4 Å². The topological polar surface area (TPSA) is 18.5 Å². The Hall–Kier alpha value is -7.17. The van der Waals surface area contributed by atoms with Crippen molar-refractivity contribution >= 4 is 0 Å². The third-order valence-electron chi connectivity index (χ3n) is 15.4. The Morgan fingerprint density at radius 3 is 1.21 bits per heavy atom. The molecule has 0 amide bonds. The van der Waals surface area contributed by atoms with Crippen LogP contribution in [0.2, 0.25) is 0 Å². The van der Waals surface area contributed by atoms with Crippen LogP contribution in [0.5, 0.6) is 11.5 Å². The van der Waals surface area contributed by atoms with E-state index in [1.165, 1.54) is 63.5 Å². The molecule has 0 atom stereocenters. The van der Waals surface area contributed by atoms with E-state index in [1.807, 2.05) is 38.1 Å². The third-order valence-corrected chi connectivity index (χ3v) is 15.4. The van der Waals surface area contributed by atoms with E-state index in [4.69, 9.17) is 0 Å². The van der Waals surface area contributed by atoms with Crippen molar-refractivity contribution in [2.45, 2.75) is 123 Å². The molecule has 2 nitrogen and oxygen atoms in total. The van der Waals surface area contributed by atoms with Gasteiger partial charge in [-0.15, -0.1) is 0 Å². The highest BCUT2D eigenvalue weighted by atomic mass is 19.3. The van der Waals surface area contributed by atoms with Gasteiger partial charge in [-0.3, -0.25) is 0 Å². The molecule has 0 aromatic heterocycles. The minimum atomic E-state index is -4.74. The van der Waals surface area contributed by atoms with E-state index in [0.29, 0.717) is 41.0 Å². The fraction of sp³-hybridized carbons (Fsp3) is 0.343. The smallest absolute Gasteiger partial charge is 0.429 e. The van der Waals surface area contributed by atoms with Gasteiger partial charge < -0.3 is 9.47 Å². The Kier molecular flexibility index (Phi) is 21.9. The fourth-order valence-corrected chi connectivity index (χ4v) is 11.1. The van der Waals surface area contributed by atoms with Crippen LogP contribution in [-0.4, -0.2) is 0 Å². The molecule has 2 fully saturated rings. The molecule has 84 heavy (non-hydrogen) atoms. The normalized spacial score (nSPS) is 17.3. The lowest BCUT2D eigenvalue weighted by atomic mass is 9.69. The lowest BCUT2D eigenvalue weighted by molar-refractivity contribution is -0.190. The third kappa shape index (κ3) is 16.2. The molecule has 9 rings (SSSR count). The molecule has 0 N–H and O–H groups in total. The monoisotopic (exact) mass is 1180 g/mol. The predicted molar refractivity (Wildman–Crippen MR) is 295 cm³/mol. The molecule has 0 saturated heterocycles. The Morgan fingerprint density at radius 1 is 0.417 bits per heavy atom. The molecule has 17 heteroatoms. The van der Waals surface area contributed by atoms with Gasteiger partial charge in [-0.1, -0.05) is 126 Å². The second kappa shape index (κ2) is 28.6. The summed E-state index contributed by atoms with van der Waals surface area (Å²) in [5.41, 5.74) is -0.501. The first-order chi connectivity index (χ1) is 39.9. The van der Waals surface area contributed by atoms with Gasteiger partial charge in [-0.05, 0) is 151 Å². The highest BCUT2D eigenvalue weighted by Gasteiger charge is 2.43. The molecule has 0 bridgehead atoms. The van der Waals surface area contributed by atoms with Crippen LogP contribution in [0.15, 0.2) is 127 Å². The van der Waals surface area contributed by atoms with Crippen LogP contribution in [0.3, 0.4) is 0 Å². The van der Waals surface area contributed by atoms with E-state index < -0.39 is 98.8 Å². The zero-order valence-electron chi connectivity index (χ0n) is 46.6. The van der Waals surface area contributed by atoms with Crippen molar-refractivity contribution in [3.63, 3.8) is 0 Å². The molecule has 7 aromatic carbocycles. The fourth-order valence-electron chi connectivity index (χ4n) is 11.1. The van der Waals surface area contributed by atoms with E-state index >= 15 is 0 Å². The van der Waals surface area contributed by atoms with E-state index in [1.54, 1.807) is 37.1 Å². The molecular formula is C67H63F15O2. The molecular weight excluding hydrogens is 1120 g/mol. The van der Waals surface area contributed by atoms with Crippen molar-refractivity contribution < 1.29 is 75.3 Å². The molecule has 0 radical (unpaired) electrons. The Balaban J connectivity index is 0.000000192. The number of allylic oxidation sites excluding steroid dienone is 2. The van der Waals surface area contributed by atoms with Crippen molar-refractivity contribution in [1.29, 1.82) is 0 Å². The van der Waals surface area contributed by atoms with Crippen LogP contribution < -0.4 is 9.47 Å². The summed E-state index contributed by atoms with van der Waals surface area (Å²) >= 11 is 0. The minimum Gasteiger partial charge on any atom is -0.429 e. The Labute approximate surface area is 479 Å². The van der Waals surface area contributed by atoms with Crippen LogP contribution in [-0.2, 0) is 25.1 Å². The summed E-state index contributed by atoms with van der Waals surface area (Å²) in [6.45, 7) is 8.47. The zero-order valence-corrected chi connectivity index (χ0v) is 46.6.